The monoisotopic (exact) mass is 450 g/mol. The molecule has 0 spiro atoms. The average molecular weight is 451 g/mol. The normalized spacial score (nSPS) is 11.4. The molecule has 0 N–H and O–H groups in total. The molecule has 7 rings (SSSR count). The van der Waals surface area contributed by atoms with E-state index < -0.39 is 0 Å². The number of hydrogen-bond donors (Lipinski definition) is 0. The van der Waals surface area contributed by atoms with Crippen molar-refractivity contribution in [3.8, 4) is 28.1 Å². The van der Waals surface area contributed by atoms with Crippen LogP contribution in [0.2, 0.25) is 0 Å². The summed E-state index contributed by atoms with van der Waals surface area (Å²) in [6, 6.07) is 30.4. The fourth-order valence-electron chi connectivity index (χ4n) is 4.49. The molecule has 6 heteroatoms. The van der Waals surface area contributed by atoms with Crippen LogP contribution in [0.4, 0.5) is 0 Å². The lowest BCUT2D eigenvalue weighted by Crippen LogP contribution is -1.98. The minimum Gasteiger partial charge on any atom is -0.265 e. The number of benzene rings is 4. The highest BCUT2D eigenvalue weighted by molar-refractivity contribution is 6.10. The molecule has 7 aromatic rings. The van der Waals surface area contributed by atoms with Gasteiger partial charge in [0, 0.05) is 23.3 Å². The second-order valence-electron chi connectivity index (χ2n) is 8.35. The van der Waals surface area contributed by atoms with E-state index in [4.69, 9.17) is 15.2 Å². The Morgan fingerprint density at radius 2 is 1.31 bits per heavy atom. The summed E-state index contributed by atoms with van der Waals surface area (Å²) >= 11 is 0. The zero-order valence-corrected chi connectivity index (χ0v) is 18.6. The largest absolute Gasteiger partial charge is 0.265 e. The van der Waals surface area contributed by atoms with Gasteiger partial charge in [0.15, 0.2) is 0 Å². The zero-order chi connectivity index (χ0) is 23.2. The van der Waals surface area contributed by atoms with Gasteiger partial charge < -0.3 is 0 Å². The first-order chi connectivity index (χ1) is 17.3. The van der Waals surface area contributed by atoms with Crippen LogP contribution in [0.1, 0.15) is 0 Å². The van der Waals surface area contributed by atoms with Gasteiger partial charge in [-0.25, -0.2) is 4.98 Å². The fraction of sp³-hybridized carbons (Fsp3) is 0. The number of para-hydroxylation sites is 2. The molecule has 0 radical (unpaired) electrons. The van der Waals surface area contributed by atoms with Crippen molar-refractivity contribution in [2.75, 3.05) is 0 Å². The summed E-state index contributed by atoms with van der Waals surface area (Å²) in [4.78, 5) is 15.3. The van der Waals surface area contributed by atoms with Crippen LogP contribution in [0.25, 0.3) is 60.9 Å². The third kappa shape index (κ3) is 3.31. The van der Waals surface area contributed by atoms with Crippen molar-refractivity contribution in [2.24, 2.45) is 0 Å². The third-order valence-electron chi connectivity index (χ3n) is 6.23. The Bertz CT molecular complexity index is 1840. The van der Waals surface area contributed by atoms with Crippen molar-refractivity contribution >= 4 is 32.8 Å². The first-order valence-electron chi connectivity index (χ1n) is 11.4. The van der Waals surface area contributed by atoms with Gasteiger partial charge in [0.1, 0.15) is 11.0 Å². The Hall–Kier alpha value is -4.97. The van der Waals surface area contributed by atoms with Crippen molar-refractivity contribution in [2.45, 2.75) is 0 Å². The maximum atomic E-state index is 4.88. The minimum absolute atomic E-state index is 0.812. The van der Waals surface area contributed by atoms with Gasteiger partial charge in [-0.2, -0.15) is 4.80 Å². The van der Waals surface area contributed by atoms with Gasteiger partial charge in [0.2, 0.25) is 0 Å². The highest BCUT2D eigenvalue weighted by Gasteiger charge is 2.15. The topological polar surface area (TPSA) is 69.4 Å². The Morgan fingerprint density at radius 3 is 2.14 bits per heavy atom. The third-order valence-corrected chi connectivity index (χ3v) is 6.23. The molecule has 0 saturated carbocycles. The number of fused-ring (bicyclic) bond motifs is 4. The van der Waals surface area contributed by atoms with Gasteiger partial charge in [-0.1, -0.05) is 48.5 Å². The lowest BCUT2D eigenvalue weighted by atomic mass is 10.0. The van der Waals surface area contributed by atoms with Crippen molar-refractivity contribution in [3.05, 3.63) is 110 Å². The predicted octanol–water partition coefficient (Wildman–Crippen LogP) is 6.25. The van der Waals surface area contributed by atoms with Crippen molar-refractivity contribution < 1.29 is 0 Å². The average Bonchev–Trinajstić information content (AvgIpc) is 3.38. The van der Waals surface area contributed by atoms with Gasteiger partial charge in [-0.3, -0.25) is 9.97 Å². The quantitative estimate of drug-likeness (QED) is 0.318. The van der Waals surface area contributed by atoms with E-state index in [1.807, 2.05) is 66.9 Å². The van der Waals surface area contributed by atoms with Crippen LogP contribution >= 0.6 is 0 Å². The van der Waals surface area contributed by atoms with Crippen molar-refractivity contribution in [1.82, 2.24) is 29.9 Å². The minimum atomic E-state index is 0.812. The molecule has 0 amide bonds. The number of aromatic nitrogens is 6. The molecule has 6 nitrogen and oxygen atoms in total. The summed E-state index contributed by atoms with van der Waals surface area (Å²) in [7, 11) is 0. The number of pyridine rings is 1. The summed E-state index contributed by atoms with van der Waals surface area (Å²) in [5.74, 6) is 0. The summed E-state index contributed by atoms with van der Waals surface area (Å²) in [5, 5.41) is 11.8. The van der Waals surface area contributed by atoms with Crippen molar-refractivity contribution in [1.29, 1.82) is 0 Å². The Morgan fingerprint density at radius 1 is 0.600 bits per heavy atom. The number of nitrogens with zero attached hydrogens (tertiary/aromatic N) is 6. The fourth-order valence-corrected chi connectivity index (χ4v) is 4.49. The van der Waals surface area contributed by atoms with E-state index in [1.165, 1.54) is 0 Å². The van der Waals surface area contributed by atoms with E-state index in [1.54, 1.807) is 17.2 Å². The van der Waals surface area contributed by atoms with Crippen LogP contribution in [0.5, 0.6) is 0 Å². The SMILES string of the molecule is c1ccc2nc(-c3cc4nn(-c5ccc(-c6ccncc6)cc5)nc4c4ccccc34)cnc2c1. The highest BCUT2D eigenvalue weighted by Crippen LogP contribution is 2.33. The molecule has 0 aliphatic carbocycles. The lowest BCUT2D eigenvalue weighted by Gasteiger charge is -2.07. The van der Waals surface area contributed by atoms with E-state index in [0.29, 0.717) is 0 Å². The van der Waals surface area contributed by atoms with Gasteiger partial charge >= 0.3 is 0 Å². The molecule has 0 fully saturated rings. The number of rotatable bonds is 3. The van der Waals surface area contributed by atoms with E-state index in [-0.39, 0.29) is 0 Å². The maximum absolute atomic E-state index is 4.88. The summed E-state index contributed by atoms with van der Waals surface area (Å²) in [5.41, 5.74) is 8.37. The molecule has 0 saturated heterocycles. The predicted molar refractivity (Wildman–Crippen MR) is 138 cm³/mol. The van der Waals surface area contributed by atoms with E-state index in [9.17, 15) is 0 Å². The molecule has 4 aromatic carbocycles. The van der Waals surface area contributed by atoms with Crippen LogP contribution in [0.3, 0.4) is 0 Å². The molecule has 0 atom stereocenters. The summed E-state index contributed by atoms with van der Waals surface area (Å²) < 4.78 is 0. The Labute approximate surface area is 200 Å². The maximum Gasteiger partial charge on any atom is 0.121 e. The second kappa shape index (κ2) is 7.81. The molecule has 164 valence electrons. The van der Waals surface area contributed by atoms with E-state index >= 15 is 0 Å². The molecular weight excluding hydrogens is 432 g/mol. The first kappa shape index (κ1) is 19.5. The van der Waals surface area contributed by atoms with Crippen LogP contribution in [0.15, 0.2) is 110 Å². The molecule has 0 aliphatic heterocycles. The summed E-state index contributed by atoms with van der Waals surface area (Å²) in [6.07, 6.45) is 5.43. The first-order valence-corrected chi connectivity index (χ1v) is 11.4. The Kier molecular flexibility index (Phi) is 4.35. The standard InChI is InChI=1S/C29H18N6/c1-2-6-23-22(5-1)24(28-18-31-25-7-3-4-8-26(25)32-28)17-27-29(23)34-35(33-27)21-11-9-19(10-12-21)20-13-15-30-16-14-20/h1-18H. The van der Waals surface area contributed by atoms with Crippen LogP contribution in [-0.4, -0.2) is 29.9 Å². The van der Waals surface area contributed by atoms with Gasteiger partial charge in [-0.05, 0) is 59.0 Å². The molecule has 0 unspecified atom stereocenters. The van der Waals surface area contributed by atoms with Crippen molar-refractivity contribution in [3.63, 3.8) is 0 Å². The van der Waals surface area contributed by atoms with Crippen LogP contribution in [-0.2, 0) is 0 Å². The van der Waals surface area contributed by atoms with Crippen LogP contribution in [0, 0.1) is 0 Å². The second-order valence-corrected chi connectivity index (χ2v) is 8.35. The Balaban J connectivity index is 1.38. The van der Waals surface area contributed by atoms with Crippen LogP contribution < -0.4 is 0 Å². The van der Waals surface area contributed by atoms with E-state index in [2.05, 4.69) is 40.3 Å². The molecule has 3 heterocycles. The summed E-state index contributed by atoms with van der Waals surface area (Å²) in [6.45, 7) is 0. The van der Waals surface area contributed by atoms with Gasteiger partial charge in [0.05, 0.1) is 28.6 Å². The molecule has 35 heavy (non-hydrogen) atoms. The molecule has 3 aromatic heterocycles. The lowest BCUT2D eigenvalue weighted by molar-refractivity contribution is 0.766. The molecular formula is C29H18N6. The molecule has 0 bridgehead atoms. The zero-order valence-electron chi connectivity index (χ0n) is 18.6. The smallest absolute Gasteiger partial charge is 0.121 e. The van der Waals surface area contributed by atoms with Gasteiger partial charge in [-0.15, -0.1) is 10.2 Å². The van der Waals surface area contributed by atoms with E-state index in [0.717, 1.165) is 60.9 Å². The van der Waals surface area contributed by atoms with Gasteiger partial charge in [0.25, 0.3) is 0 Å². The molecule has 0 aliphatic rings. The number of hydrogen-bond acceptors (Lipinski definition) is 5. The highest BCUT2D eigenvalue weighted by atomic mass is 15.5.